The maximum absolute atomic E-state index is 12.7. The Bertz CT molecular complexity index is 476. The zero-order valence-corrected chi connectivity index (χ0v) is 12.9. The van der Waals surface area contributed by atoms with Gasteiger partial charge in [0.2, 0.25) is 5.91 Å². The summed E-state index contributed by atoms with van der Waals surface area (Å²) in [5, 5.41) is 0. The maximum Gasteiger partial charge on any atom is 0.227 e. The molecule has 2 N–H and O–H groups in total. The Balaban J connectivity index is 2.07. The highest BCUT2D eigenvalue weighted by molar-refractivity contribution is 5.79. The molecular weight excluding hydrogens is 248 g/mol. The molecule has 1 aromatic carbocycles. The van der Waals surface area contributed by atoms with Crippen LogP contribution >= 0.6 is 0 Å². The monoisotopic (exact) mass is 274 g/mol. The van der Waals surface area contributed by atoms with Crippen LogP contribution in [-0.4, -0.2) is 23.9 Å². The first-order chi connectivity index (χ1) is 9.40. The Morgan fingerprint density at radius 1 is 1.30 bits per heavy atom. The lowest BCUT2D eigenvalue weighted by molar-refractivity contribution is -0.137. The first-order valence-corrected chi connectivity index (χ1v) is 7.46. The van der Waals surface area contributed by atoms with Crippen LogP contribution in [0.4, 0.5) is 0 Å². The standard InChI is InChI=1S/C17H26N2O/c1-17(2,3)10-15(11-18)16(20)19-9-8-13-6-4-5-7-14(13)12-19/h4-7,15H,8-12,18H2,1-3H3. The fraction of sp³-hybridized carbons (Fsp3) is 0.588. The second-order valence-electron chi connectivity index (χ2n) is 6.98. The molecule has 0 bridgehead atoms. The molecule has 1 aliphatic rings. The van der Waals surface area contributed by atoms with Crippen molar-refractivity contribution in [2.24, 2.45) is 17.1 Å². The SMILES string of the molecule is CC(C)(C)CC(CN)C(=O)N1CCc2ccccc2C1. The Morgan fingerprint density at radius 2 is 1.95 bits per heavy atom. The van der Waals surface area contributed by atoms with Crippen LogP contribution in [0, 0.1) is 11.3 Å². The van der Waals surface area contributed by atoms with E-state index < -0.39 is 0 Å². The van der Waals surface area contributed by atoms with Crippen LogP contribution in [0.5, 0.6) is 0 Å². The third-order valence-corrected chi connectivity index (χ3v) is 3.93. The molecule has 0 saturated heterocycles. The first kappa shape index (κ1) is 15.0. The molecule has 1 atom stereocenters. The number of carbonyl (C=O) groups excluding carboxylic acids is 1. The third kappa shape index (κ3) is 3.60. The molecule has 1 aromatic rings. The van der Waals surface area contributed by atoms with Crippen molar-refractivity contribution in [1.82, 2.24) is 4.90 Å². The molecule has 1 amide bonds. The van der Waals surface area contributed by atoms with Gasteiger partial charge in [-0.15, -0.1) is 0 Å². The van der Waals surface area contributed by atoms with Gasteiger partial charge < -0.3 is 10.6 Å². The van der Waals surface area contributed by atoms with Crippen LogP contribution in [0.25, 0.3) is 0 Å². The van der Waals surface area contributed by atoms with E-state index in [1.54, 1.807) is 0 Å². The average Bonchev–Trinajstić information content (AvgIpc) is 2.42. The van der Waals surface area contributed by atoms with Gasteiger partial charge in [0.15, 0.2) is 0 Å². The summed E-state index contributed by atoms with van der Waals surface area (Å²) in [6, 6.07) is 8.39. The Labute approximate surface area is 122 Å². The topological polar surface area (TPSA) is 46.3 Å². The minimum Gasteiger partial charge on any atom is -0.338 e. The molecule has 0 radical (unpaired) electrons. The highest BCUT2D eigenvalue weighted by Crippen LogP contribution is 2.27. The first-order valence-electron chi connectivity index (χ1n) is 7.46. The number of fused-ring (bicyclic) bond motifs is 1. The van der Waals surface area contributed by atoms with Gasteiger partial charge in [-0.1, -0.05) is 45.0 Å². The molecule has 0 aromatic heterocycles. The average molecular weight is 274 g/mol. The molecule has 1 heterocycles. The van der Waals surface area contributed by atoms with E-state index in [4.69, 9.17) is 5.73 Å². The summed E-state index contributed by atoms with van der Waals surface area (Å²) in [6.45, 7) is 8.47. The summed E-state index contributed by atoms with van der Waals surface area (Å²) < 4.78 is 0. The Hall–Kier alpha value is -1.35. The number of rotatable bonds is 3. The summed E-state index contributed by atoms with van der Waals surface area (Å²) in [5.74, 6) is 0.164. The predicted molar refractivity (Wildman–Crippen MR) is 82.2 cm³/mol. The smallest absolute Gasteiger partial charge is 0.227 e. The van der Waals surface area contributed by atoms with Gasteiger partial charge in [0.05, 0.1) is 5.92 Å². The van der Waals surface area contributed by atoms with Gasteiger partial charge in [-0.2, -0.15) is 0 Å². The lowest BCUT2D eigenvalue weighted by Gasteiger charge is -2.33. The van der Waals surface area contributed by atoms with Crippen molar-refractivity contribution < 1.29 is 4.79 Å². The largest absolute Gasteiger partial charge is 0.338 e. The van der Waals surface area contributed by atoms with Crippen LogP contribution in [0.3, 0.4) is 0 Å². The van der Waals surface area contributed by atoms with E-state index in [0.29, 0.717) is 6.54 Å². The summed E-state index contributed by atoms with van der Waals surface area (Å²) >= 11 is 0. The van der Waals surface area contributed by atoms with Gasteiger partial charge in [0.25, 0.3) is 0 Å². The molecule has 2 rings (SSSR count). The van der Waals surface area contributed by atoms with Crippen LogP contribution in [0.15, 0.2) is 24.3 Å². The molecule has 0 aliphatic carbocycles. The van der Waals surface area contributed by atoms with E-state index >= 15 is 0 Å². The molecule has 0 spiro atoms. The van der Waals surface area contributed by atoms with Gasteiger partial charge in [-0.05, 0) is 29.4 Å². The number of benzene rings is 1. The van der Waals surface area contributed by atoms with Crippen LogP contribution in [0.1, 0.15) is 38.3 Å². The van der Waals surface area contributed by atoms with Gasteiger partial charge in [0.1, 0.15) is 0 Å². The summed E-state index contributed by atoms with van der Waals surface area (Å²) in [7, 11) is 0. The zero-order valence-electron chi connectivity index (χ0n) is 12.9. The Kier molecular flexibility index (Phi) is 4.48. The fourth-order valence-corrected chi connectivity index (χ4v) is 2.95. The van der Waals surface area contributed by atoms with Crippen LogP contribution in [-0.2, 0) is 17.8 Å². The van der Waals surface area contributed by atoms with Crippen molar-refractivity contribution in [3.05, 3.63) is 35.4 Å². The zero-order chi connectivity index (χ0) is 14.8. The van der Waals surface area contributed by atoms with Gasteiger partial charge in [0, 0.05) is 19.6 Å². The van der Waals surface area contributed by atoms with Gasteiger partial charge in [-0.3, -0.25) is 4.79 Å². The molecule has 0 saturated carbocycles. The van der Waals surface area contributed by atoms with Crippen LogP contribution in [0.2, 0.25) is 0 Å². The number of carbonyl (C=O) groups is 1. The maximum atomic E-state index is 12.7. The molecule has 1 unspecified atom stereocenters. The van der Waals surface area contributed by atoms with Crippen molar-refractivity contribution in [1.29, 1.82) is 0 Å². The van der Waals surface area contributed by atoms with E-state index in [1.165, 1.54) is 11.1 Å². The number of hydrogen-bond donors (Lipinski definition) is 1. The molecule has 3 nitrogen and oxygen atoms in total. The lowest BCUT2D eigenvalue weighted by atomic mass is 9.83. The van der Waals surface area contributed by atoms with E-state index in [0.717, 1.165) is 25.9 Å². The molecule has 3 heteroatoms. The summed E-state index contributed by atoms with van der Waals surface area (Å²) in [6.07, 6.45) is 1.80. The number of nitrogens with zero attached hydrogens (tertiary/aromatic N) is 1. The van der Waals surface area contributed by atoms with Crippen molar-refractivity contribution >= 4 is 5.91 Å². The second-order valence-corrected chi connectivity index (χ2v) is 6.98. The van der Waals surface area contributed by atoms with Gasteiger partial charge in [-0.25, -0.2) is 0 Å². The predicted octanol–water partition coefficient (Wildman–Crippen LogP) is 2.58. The number of amides is 1. The number of nitrogens with two attached hydrogens (primary N) is 1. The van der Waals surface area contributed by atoms with E-state index in [2.05, 4.69) is 39.0 Å². The highest BCUT2D eigenvalue weighted by atomic mass is 16.2. The van der Waals surface area contributed by atoms with Crippen molar-refractivity contribution in [3.8, 4) is 0 Å². The molecule has 110 valence electrons. The Morgan fingerprint density at radius 3 is 2.55 bits per heavy atom. The van der Waals surface area contributed by atoms with E-state index in [1.807, 2.05) is 11.0 Å². The third-order valence-electron chi connectivity index (χ3n) is 3.93. The molecule has 0 fully saturated rings. The normalized spacial score (nSPS) is 16.7. The summed E-state index contributed by atoms with van der Waals surface area (Å²) in [5.41, 5.74) is 8.62. The van der Waals surface area contributed by atoms with Crippen molar-refractivity contribution in [3.63, 3.8) is 0 Å². The quantitative estimate of drug-likeness (QED) is 0.921. The summed E-state index contributed by atoms with van der Waals surface area (Å²) in [4.78, 5) is 14.6. The second kappa shape index (κ2) is 5.96. The minimum atomic E-state index is -0.0553. The van der Waals surface area contributed by atoms with Gasteiger partial charge >= 0.3 is 0 Å². The van der Waals surface area contributed by atoms with Crippen molar-refractivity contribution in [2.45, 2.75) is 40.2 Å². The van der Waals surface area contributed by atoms with Crippen molar-refractivity contribution in [2.75, 3.05) is 13.1 Å². The highest BCUT2D eigenvalue weighted by Gasteiger charge is 2.29. The molecule has 20 heavy (non-hydrogen) atoms. The molecular formula is C17H26N2O. The lowest BCUT2D eigenvalue weighted by Crippen LogP contribution is -2.43. The molecule has 1 aliphatic heterocycles. The van der Waals surface area contributed by atoms with Crippen LogP contribution < -0.4 is 5.73 Å². The fourth-order valence-electron chi connectivity index (χ4n) is 2.95. The van der Waals surface area contributed by atoms with E-state index in [-0.39, 0.29) is 17.2 Å². The minimum absolute atomic E-state index is 0.0553. The van der Waals surface area contributed by atoms with E-state index in [9.17, 15) is 4.79 Å². The number of hydrogen-bond acceptors (Lipinski definition) is 2.